The maximum atomic E-state index is 2.61. The Hall–Kier alpha value is -1.56. The van der Waals surface area contributed by atoms with Gasteiger partial charge < -0.3 is 0 Å². The smallest absolute Gasteiger partial charge is 0.0126 e. The topological polar surface area (TPSA) is 0 Å². The first-order valence-electron chi connectivity index (χ1n) is 15.5. The summed E-state index contributed by atoms with van der Waals surface area (Å²) in [7, 11) is 0. The van der Waals surface area contributed by atoms with E-state index in [0.717, 1.165) is 12.8 Å². The summed E-state index contributed by atoms with van der Waals surface area (Å²) in [5.41, 5.74) is 12.9. The van der Waals surface area contributed by atoms with E-state index in [1.165, 1.54) is 28.7 Å². The number of hydrogen-bond acceptors (Lipinski definition) is 0. The Kier molecular flexibility index (Phi) is 9.22. The predicted molar refractivity (Wildman–Crippen MR) is 177 cm³/mol. The molecule has 0 unspecified atom stereocenters. The van der Waals surface area contributed by atoms with Crippen LogP contribution in [0, 0.1) is 0 Å². The van der Waals surface area contributed by atoms with Crippen LogP contribution in [-0.4, -0.2) is 0 Å². The van der Waals surface area contributed by atoms with E-state index >= 15 is 0 Å². The fourth-order valence-electron chi connectivity index (χ4n) is 6.10. The molecule has 220 valence electrons. The average Bonchev–Trinajstić information content (AvgIpc) is 2.68. The molecular weight excluding hydrogens is 468 g/mol. The second-order valence-electron chi connectivity index (χ2n) is 18.5. The van der Waals surface area contributed by atoms with Crippen molar-refractivity contribution in [3.05, 3.63) is 68.8 Å². The summed E-state index contributed by atoms with van der Waals surface area (Å²) >= 11 is 0. The molecule has 39 heavy (non-hydrogen) atoms. The van der Waals surface area contributed by atoms with Crippen molar-refractivity contribution in [1.29, 1.82) is 0 Å². The first-order valence-corrected chi connectivity index (χ1v) is 15.5. The van der Waals surface area contributed by atoms with Crippen LogP contribution in [0.25, 0.3) is 0 Å². The molecular formula is C39H64. The van der Waals surface area contributed by atoms with Crippen LogP contribution in [0.3, 0.4) is 0 Å². The summed E-state index contributed by atoms with van der Waals surface area (Å²) in [6.45, 7) is 43.0. The van der Waals surface area contributed by atoms with Crippen LogP contribution in [0.15, 0.2) is 24.3 Å². The molecule has 2 rings (SSSR count). The van der Waals surface area contributed by atoms with Gasteiger partial charge in [-0.3, -0.25) is 0 Å². The molecule has 0 atom stereocenters. The summed E-state index contributed by atoms with van der Waals surface area (Å²) in [5.74, 6) is 0. The molecule has 0 aromatic heterocycles. The summed E-state index contributed by atoms with van der Waals surface area (Å²) in [5, 5.41) is 0. The first kappa shape index (κ1) is 33.6. The summed E-state index contributed by atoms with van der Waals surface area (Å²) in [6.07, 6.45) is 3.41. The second-order valence-corrected chi connectivity index (χ2v) is 18.5. The van der Waals surface area contributed by atoms with Gasteiger partial charge in [-0.1, -0.05) is 149 Å². The molecule has 0 fully saturated rings. The van der Waals surface area contributed by atoms with Crippen molar-refractivity contribution in [2.45, 2.75) is 176 Å². The van der Waals surface area contributed by atoms with Crippen molar-refractivity contribution in [1.82, 2.24) is 0 Å². The van der Waals surface area contributed by atoms with Crippen molar-refractivity contribution in [2.75, 3.05) is 0 Å². The quantitative estimate of drug-likeness (QED) is 0.367. The molecule has 0 spiro atoms. The number of benzene rings is 2. The van der Waals surface area contributed by atoms with Crippen LogP contribution < -0.4 is 0 Å². The normalized spacial score (nSPS) is 14.2. The van der Waals surface area contributed by atoms with Gasteiger partial charge in [-0.25, -0.2) is 0 Å². The highest BCUT2D eigenvalue weighted by Gasteiger charge is 2.37. The maximum Gasteiger partial charge on any atom is -0.0126 e. The van der Waals surface area contributed by atoms with Gasteiger partial charge >= 0.3 is 0 Å². The van der Waals surface area contributed by atoms with Gasteiger partial charge in [-0.2, -0.15) is 0 Å². The zero-order valence-electron chi connectivity index (χ0n) is 29.4. The van der Waals surface area contributed by atoms with Crippen LogP contribution in [0.1, 0.15) is 176 Å². The molecule has 0 saturated carbocycles. The lowest BCUT2D eigenvalue weighted by Crippen LogP contribution is -2.33. The number of rotatable bonds is 4. The van der Waals surface area contributed by atoms with E-state index in [1.807, 2.05) is 0 Å². The summed E-state index contributed by atoms with van der Waals surface area (Å²) in [6, 6.07) is 10.0. The summed E-state index contributed by atoms with van der Waals surface area (Å²) < 4.78 is 0. The van der Waals surface area contributed by atoms with E-state index in [4.69, 9.17) is 0 Å². The molecule has 2 aromatic rings. The molecule has 0 aliphatic rings. The summed E-state index contributed by atoms with van der Waals surface area (Å²) in [4.78, 5) is 0. The van der Waals surface area contributed by atoms with Gasteiger partial charge in [-0.05, 0) is 96.3 Å². The molecule has 0 saturated heterocycles. The Morgan fingerprint density at radius 1 is 0.385 bits per heavy atom. The Morgan fingerprint density at radius 3 is 1.13 bits per heavy atom. The highest BCUT2D eigenvalue weighted by Crippen LogP contribution is 2.47. The monoisotopic (exact) mass is 533 g/mol. The van der Waals surface area contributed by atoms with E-state index in [-0.39, 0.29) is 32.5 Å². The predicted octanol–water partition coefficient (Wildman–Crippen LogP) is 11.6. The van der Waals surface area contributed by atoms with Gasteiger partial charge in [0.1, 0.15) is 0 Å². The highest BCUT2D eigenvalue weighted by atomic mass is 14.4. The van der Waals surface area contributed by atoms with E-state index in [2.05, 4.69) is 149 Å². The van der Waals surface area contributed by atoms with Gasteiger partial charge in [0.25, 0.3) is 0 Å². The van der Waals surface area contributed by atoms with Crippen molar-refractivity contribution in [3.8, 4) is 0 Å². The lowest BCUT2D eigenvalue weighted by Gasteiger charge is -2.42. The Labute approximate surface area is 244 Å². The molecule has 0 heterocycles. The van der Waals surface area contributed by atoms with Crippen molar-refractivity contribution >= 4 is 0 Å². The minimum Gasteiger partial charge on any atom is -0.0561 e. The van der Waals surface area contributed by atoms with Crippen LogP contribution >= 0.6 is 0 Å². The third-order valence-electron chi connectivity index (χ3n) is 8.10. The zero-order chi connectivity index (χ0) is 30.6. The minimum atomic E-state index is 0.0733. The standard InChI is InChI=1S/C39H64/c1-34(2,3)28-22-26(23-29(25-28)35(4,5)6)20-19-21-27-24-30(36(7,8)9)32(38(13,14)15)33(39(16,17)18)31(27)37(10,11)12/h22-25H,19-21H2,1-18H3. The molecule has 0 radical (unpaired) electrons. The molecule has 0 aliphatic carbocycles. The lowest BCUT2D eigenvalue weighted by atomic mass is 9.63. The fourth-order valence-corrected chi connectivity index (χ4v) is 6.10. The van der Waals surface area contributed by atoms with Crippen molar-refractivity contribution < 1.29 is 0 Å². The highest BCUT2D eigenvalue weighted by molar-refractivity contribution is 5.56. The zero-order valence-corrected chi connectivity index (χ0v) is 29.4. The van der Waals surface area contributed by atoms with E-state index in [0.29, 0.717) is 0 Å². The lowest BCUT2D eigenvalue weighted by molar-refractivity contribution is 0.473. The Balaban J connectivity index is 2.72. The van der Waals surface area contributed by atoms with Crippen LogP contribution in [0.4, 0.5) is 0 Å². The second kappa shape index (κ2) is 10.7. The number of hydrogen-bond donors (Lipinski definition) is 0. The third-order valence-corrected chi connectivity index (χ3v) is 8.10. The Morgan fingerprint density at radius 2 is 0.795 bits per heavy atom. The fraction of sp³-hybridized carbons (Fsp3) is 0.692. The van der Waals surface area contributed by atoms with E-state index < -0.39 is 0 Å². The average molecular weight is 533 g/mol. The van der Waals surface area contributed by atoms with E-state index in [1.54, 1.807) is 22.3 Å². The first-order chi connectivity index (χ1) is 17.1. The molecule has 2 aromatic carbocycles. The molecule has 0 heteroatoms. The van der Waals surface area contributed by atoms with Gasteiger partial charge in [0.2, 0.25) is 0 Å². The Bertz CT molecular complexity index is 1110. The molecule has 0 amide bonds. The van der Waals surface area contributed by atoms with Gasteiger partial charge in [0, 0.05) is 0 Å². The molecule has 0 aliphatic heterocycles. The van der Waals surface area contributed by atoms with Crippen molar-refractivity contribution in [3.63, 3.8) is 0 Å². The molecule has 0 nitrogen and oxygen atoms in total. The third kappa shape index (κ3) is 8.24. The van der Waals surface area contributed by atoms with Crippen molar-refractivity contribution in [2.24, 2.45) is 0 Å². The van der Waals surface area contributed by atoms with E-state index in [9.17, 15) is 0 Å². The minimum absolute atomic E-state index is 0.0733. The molecule has 0 N–H and O–H groups in total. The van der Waals surface area contributed by atoms with Crippen LogP contribution in [-0.2, 0) is 45.3 Å². The van der Waals surface area contributed by atoms with Crippen LogP contribution in [0.5, 0.6) is 0 Å². The van der Waals surface area contributed by atoms with Gasteiger partial charge in [0.05, 0.1) is 0 Å². The number of aryl methyl sites for hydroxylation is 2. The van der Waals surface area contributed by atoms with Crippen LogP contribution in [0.2, 0.25) is 0 Å². The SMILES string of the molecule is CC(C)(C)c1cc(CCCc2cc(C(C)(C)C)c(C(C)(C)C)c(C(C)(C)C)c2C(C)(C)C)cc(C(C)(C)C)c1. The molecule has 0 bridgehead atoms. The van der Waals surface area contributed by atoms with Gasteiger partial charge in [-0.15, -0.1) is 0 Å². The largest absolute Gasteiger partial charge is 0.0561 e. The van der Waals surface area contributed by atoms with Gasteiger partial charge in [0.15, 0.2) is 0 Å². The maximum absolute atomic E-state index is 2.61.